The van der Waals surface area contributed by atoms with E-state index in [1.54, 1.807) is 6.92 Å². The molecule has 21 heavy (non-hydrogen) atoms. The zero-order valence-corrected chi connectivity index (χ0v) is 10.8. The van der Waals surface area contributed by atoms with Gasteiger partial charge in [0.05, 0.1) is 18.0 Å². The summed E-state index contributed by atoms with van der Waals surface area (Å²) in [7, 11) is 0. The highest BCUT2D eigenvalue weighted by molar-refractivity contribution is 5.85. The standard InChI is InChI=1S/C13H10F3N3O2/c1-7-2-3-8(13(14,15)16)4-9(7)18-11-6-17-5-10(19-11)12(20)21/h2-6H,1H3,(H,18,19)(H,20,21). The maximum Gasteiger partial charge on any atom is 0.416 e. The molecule has 0 aliphatic carbocycles. The molecule has 0 radical (unpaired) electrons. The maximum atomic E-state index is 12.7. The van der Waals surface area contributed by atoms with E-state index < -0.39 is 17.7 Å². The number of carboxylic acid groups (broad SMARTS) is 1. The molecule has 1 aromatic carbocycles. The normalized spacial score (nSPS) is 11.2. The van der Waals surface area contributed by atoms with Crippen LogP contribution in [0.3, 0.4) is 0 Å². The van der Waals surface area contributed by atoms with Gasteiger partial charge in [-0.25, -0.2) is 9.78 Å². The highest BCUT2D eigenvalue weighted by Crippen LogP contribution is 2.32. The molecule has 2 aromatic rings. The molecule has 8 heteroatoms. The Hall–Kier alpha value is -2.64. The fourth-order valence-electron chi connectivity index (χ4n) is 1.60. The first-order valence-electron chi connectivity index (χ1n) is 5.77. The van der Waals surface area contributed by atoms with Gasteiger partial charge in [-0.15, -0.1) is 0 Å². The van der Waals surface area contributed by atoms with E-state index in [0.29, 0.717) is 5.56 Å². The summed E-state index contributed by atoms with van der Waals surface area (Å²) in [4.78, 5) is 18.2. The molecule has 2 rings (SSSR count). The van der Waals surface area contributed by atoms with Crippen LogP contribution in [0.25, 0.3) is 0 Å². The summed E-state index contributed by atoms with van der Waals surface area (Å²) in [6.45, 7) is 1.62. The zero-order valence-electron chi connectivity index (χ0n) is 10.8. The van der Waals surface area contributed by atoms with Gasteiger partial charge in [0.2, 0.25) is 0 Å². The van der Waals surface area contributed by atoms with Crippen molar-refractivity contribution in [3.63, 3.8) is 0 Å². The Morgan fingerprint density at radius 1 is 1.29 bits per heavy atom. The molecule has 0 spiro atoms. The van der Waals surface area contributed by atoms with Crippen molar-refractivity contribution >= 4 is 17.5 Å². The van der Waals surface area contributed by atoms with Crippen LogP contribution in [0.1, 0.15) is 21.6 Å². The van der Waals surface area contributed by atoms with Crippen molar-refractivity contribution in [1.29, 1.82) is 0 Å². The smallest absolute Gasteiger partial charge is 0.416 e. The zero-order chi connectivity index (χ0) is 15.6. The van der Waals surface area contributed by atoms with Gasteiger partial charge in [0.25, 0.3) is 0 Å². The van der Waals surface area contributed by atoms with Crippen molar-refractivity contribution in [3.8, 4) is 0 Å². The molecule has 0 atom stereocenters. The fraction of sp³-hybridized carbons (Fsp3) is 0.154. The molecule has 1 aromatic heterocycles. The van der Waals surface area contributed by atoms with Gasteiger partial charge in [-0.3, -0.25) is 4.98 Å². The second-order valence-corrected chi connectivity index (χ2v) is 4.25. The average Bonchev–Trinajstić information content (AvgIpc) is 2.40. The topological polar surface area (TPSA) is 75.1 Å². The summed E-state index contributed by atoms with van der Waals surface area (Å²) in [6.07, 6.45) is -2.18. The Kier molecular flexibility index (Phi) is 3.79. The Bertz CT molecular complexity index is 687. The molecule has 0 aliphatic heterocycles. The number of hydrogen-bond acceptors (Lipinski definition) is 4. The lowest BCUT2D eigenvalue weighted by Crippen LogP contribution is -2.07. The van der Waals surface area contributed by atoms with Crippen LogP contribution < -0.4 is 5.32 Å². The van der Waals surface area contributed by atoms with Crippen LogP contribution in [0.5, 0.6) is 0 Å². The van der Waals surface area contributed by atoms with Gasteiger partial charge in [-0.1, -0.05) is 6.07 Å². The maximum absolute atomic E-state index is 12.7. The minimum atomic E-state index is -4.46. The third-order valence-corrected chi connectivity index (χ3v) is 2.68. The second-order valence-electron chi connectivity index (χ2n) is 4.25. The van der Waals surface area contributed by atoms with Gasteiger partial charge in [-0.05, 0) is 24.6 Å². The number of halogens is 3. The van der Waals surface area contributed by atoms with E-state index in [2.05, 4.69) is 15.3 Å². The Labute approximate surface area is 117 Å². The number of benzene rings is 1. The van der Waals surface area contributed by atoms with Gasteiger partial charge in [0.15, 0.2) is 5.69 Å². The quantitative estimate of drug-likeness (QED) is 0.909. The lowest BCUT2D eigenvalue weighted by Gasteiger charge is -2.12. The van der Waals surface area contributed by atoms with Crippen molar-refractivity contribution < 1.29 is 23.1 Å². The fourth-order valence-corrected chi connectivity index (χ4v) is 1.60. The SMILES string of the molecule is Cc1ccc(C(F)(F)F)cc1Nc1cncc(C(=O)O)n1. The molecular formula is C13H10F3N3O2. The Morgan fingerprint density at radius 3 is 2.62 bits per heavy atom. The van der Waals surface area contributed by atoms with E-state index in [0.717, 1.165) is 18.3 Å². The van der Waals surface area contributed by atoms with Crippen LogP contribution in [0.4, 0.5) is 24.7 Å². The molecule has 2 N–H and O–H groups in total. The van der Waals surface area contributed by atoms with Gasteiger partial charge in [-0.2, -0.15) is 13.2 Å². The number of carboxylic acids is 1. The molecular weight excluding hydrogens is 287 g/mol. The Morgan fingerprint density at radius 2 is 2.00 bits per heavy atom. The van der Waals surface area contributed by atoms with Crippen LogP contribution in [0.2, 0.25) is 0 Å². The van der Waals surface area contributed by atoms with Crippen molar-refractivity contribution in [2.24, 2.45) is 0 Å². The number of carbonyl (C=O) groups is 1. The van der Waals surface area contributed by atoms with Crippen LogP contribution in [0, 0.1) is 6.92 Å². The first-order chi connectivity index (χ1) is 9.77. The second kappa shape index (κ2) is 5.39. The number of hydrogen-bond donors (Lipinski definition) is 2. The van der Waals surface area contributed by atoms with Gasteiger partial charge in [0, 0.05) is 5.69 Å². The molecule has 0 saturated carbocycles. The summed E-state index contributed by atoms with van der Waals surface area (Å²) in [5.41, 5.74) is -0.366. The highest BCUT2D eigenvalue weighted by atomic mass is 19.4. The van der Waals surface area contributed by atoms with E-state index in [-0.39, 0.29) is 17.2 Å². The number of nitrogens with zero attached hydrogens (tertiary/aromatic N) is 2. The van der Waals surface area contributed by atoms with Crippen molar-refractivity contribution in [3.05, 3.63) is 47.4 Å². The van der Waals surface area contributed by atoms with Crippen LogP contribution in [0.15, 0.2) is 30.6 Å². The molecule has 110 valence electrons. The van der Waals surface area contributed by atoms with E-state index >= 15 is 0 Å². The molecule has 0 saturated heterocycles. The van der Waals surface area contributed by atoms with Gasteiger partial charge >= 0.3 is 12.1 Å². The third kappa shape index (κ3) is 3.47. The molecule has 0 fully saturated rings. The Balaban J connectivity index is 2.35. The number of aromatic carboxylic acids is 1. The minimum absolute atomic E-state index is 0.0531. The summed E-state index contributed by atoms with van der Waals surface area (Å²) in [5, 5.41) is 11.4. The van der Waals surface area contributed by atoms with E-state index in [1.165, 1.54) is 12.3 Å². The number of aryl methyl sites for hydroxylation is 1. The molecule has 0 aliphatic rings. The lowest BCUT2D eigenvalue weighted by atomic mass is 10.1. The number of rotatable bonds is 3. The van der Waals surface area contributed by atoms with Gasteiger partial charge in [0.1, 0.15) is 5.82 Å². The molecule has 0 unspecified atom stereocenters. The van der Waals surface area contributed by atoms with Crippen LogP contribution in [-0.4, -0.2) is 21.0 Å². The predicted octanol–water partition coefficient (Wildman–Crippen LogP) is 3.25. The van der Waals surface area contributed by atoms with Crippen molar-refractivity contribution in [2.45, 2.75) is 13.1 Å². The first-order valence-corrected chi connectivity index (χ1v) is 5.77. The number of alkyl halides is 3. The van der Waals surface area contributed by atoms with Crippen LogP contribution >= 0.6 is 0 Å². The number of aromatic nitrogens is 2. The molecule has 1 heterocycles. The summed E-state index contributed by atoms with van der Waals surface area (Å²) < 4.78 is 38.0. The number of anilines is 2. The predicted molar refractivity (Wildman–Crippen MR) is 68.5 cm³/mol. The largest absolute Gasteiger partial charge is 0.476 e. The summed E-state index contributed by atoms with van der Waals surface area (Å²) >= 11 is 0. The van der Waals surface area contributed by atoms with Crippen LogP contribution in [-0.2, 0) is 6.18 Å². The molecule has 0 amide bonds. The highest BCUT2D eigenvalue weighted by Gasteiger charge is 2.30. The van der Waals surface area contributed by atoms with E-state index in [1.807, 2.05) is 0 Å². The lowest BCUT2D eigenvalue weighted by molar-refractivity contribution is -0.137. The van der Waals surface area contributed by atoms with Crippen molar-refractivity contribution in [2.75, 3.05) is 5.32 Å². The van der Waals surface area contributed by atoms with Crippen molar-refractivity contribution in [1.82, 2.24) is 9.97 Å². The monoisotopic (exact) mass is 297 g/mol. The first kappa shape index (κ1) is 14.8. The third-order valence-electron chi connectivity index (χ3n) is 2.68. The summed E-state index contributed by atoms with van der Waals surface area (Å²) in [6, 6.07) is 3.23. The molecule has 5 nitrogen and oxygen atoms in total. The average molecular weight is 297 g/mol. The van der Waals surface area contributed by atoms with Gasteiger partial charge < -0.3 is 10.4 Å². The summed E-state index contributed by atoms with van der Waals surface area (Å²) in [5.74, 6) is -1.22. The minimum Gasteiger partial charge on any atom is -0.476 e. The van der Waals surface area contributed by atoms with E-state index in [4.69, 9.17) is 5.11 Å². The number of nitrogens with one attached hydrogen (secondary N) is 1. The van der Waals surface area contributed by atoms with E-state index in [9.17, 15) is 18.0 Å². The molecule has 0 bridgehead atoms.